The Morgan fingerprint density at radius 1 is 1.13 bits per heavy atom. The molecule has 0 bridgehead atoms. The fourth-order valence-electron chi connectivity index (χ4n) is 3.06. The predicted octanol–water partition coefficient (Wildman–Crippen LogP) is 2.31. The summed E-state index contributed by atoms with van der Waals surface area (Å²) in [6.07, 6.45) is 7.86. The van der Waals surface area contributed by atoms with Gasteiger partial charge in [-0.3, -0.25) is 9.59 Å². The molecule has 9 heteroatoms. The number of nitrogens with zero attached hydrogens (tertiary/aromatic N) is 3. The molecular formula is C21H25N5O4. The summed E-state index contributed by atoms with van der Waals surface area (Å²) in [5, 5.41) is 5.69. The van der Waals surface area contributed by atoms with Gasteiger partial charge in [0.2, 0.25) is 0 Å². The molecule has 2 N–H and O–H groups in total. The molecule has 3 rings (SSSR count). The summed E-state index contributed by atoms with van der Waals surface area (Å²) in [6.45, 7) is 1.25. The van der Waals surface area contributed by atoms with E-state index in [-0.39, 0.29) is 11.8 Å². The van der Waals surface area contributed by atoms with Crippen molar-refractivity contribution in [2.45, 2.75) is 13.0 Å². The Labute approximate surface area is 174 Å². The van der Waals surface area contributed by atoms with E-state index in [2.05, 4.69) is 15.6 Å². The first-order valence-corrected chi connectivity index (χ1v) is 9.46. The number of carbonyl (C=O) groups excluding carboxylic acids is 2. The van der Waals surface area contributed by atoms with Crippen molar-refractivity contribution < 1.29 is 19.1 Å². The van der Waals surface area contributed by atoms with E-state index in [0.29, 0.717) is 35.0 Å². The molecular weight excluding hydrogens is 386 g/mol. The molecule has 0 unspecified atom stereocenters. The number of hydrogen-bond acceptors (Lipinski definition) is 5. The van der Waals surface area contributed by atoms with Crippen LogP contribution in [0.1, 0.15) is 27.3 Å². The molecule has 2 amide bonds. The lowest BCUT2D eigenvalue weighted by atomic mass is 10.1. The summed E-state index contributed by atoms with van der Waals surface area (Å²) in [5.41, 5.74) is 1.19. The first kappa shape index (κ1) is 21.0. The lowest BCUT2D eigenvalue weighted by Gasteiger charge is -2.16. The predicted molar refractivity (Wildman–Crippen MR) is 112 cm³/mol. The van der Waals surface area contributed by atoms with Gasteiger partial charge in [-0.05, 0) is 30.7 Å². The molecule has 0 spiro atoms. The summed E-state index contributed by atoms with van der Waals surface area (Å²) in [5.74, 6) is 0.110. The van der Waals surface area contributed by atoms with Crippen molar-refractivity contribution in [2.75, 3.05) is 26.1 Å². The Kier molecular flexibility index (Phi) is 6.74. The summed E-state index contributed by atoms with van der Waals surface area (Å²) in [6, 6.07) is 6.64. The van der Waals surface area contributed by atoms with E-state index in [9.17, 15) is 9.59 Å². The SMILES string of the molecule is COc1cc(C(=O)NCCCn2ccnc2)cc(NC(=O)c2cccn2C)c1OC. The third kappa shape index (κ3) is 4.80. The molecule has 3 aromatic rings. The number of imidazole rings is 1. The van der Waals surface area contributed by atoms with E-state index < -0.39 is 0 Å². The molecule has 2 aromatic heterocycles. The van der Waals surface area contributed by atoms with E-state index in [1.54, 1.807) is 54.6 Å². The molecule has 0 aliphatic rings. The second kappa shape index (κ2) is 9.64. The first-order valence-electron chi connectivity index (χ1n) is 9.46. The number of amides is 2. The van der Waals surface area contributed by atoms with Gasteiger partial charge in [0.05, 0.1) is 26.2 Å². The summed E-state index contributed by atoms with van der Waals surface area (Å²) < 4.78 is 14.4. The third-order valence-corrected chi connectivity index (χ3v) is 4.60. The van der Waals surface area contributed by atoms with Crippen LogP contribution in [0.4, 0.5) is 5.69 Å². The number of anilines is 1. The average molecular weight is 411 g/mol. The number of methoxy groups -OCH3 is 2. The number of carbonyl (C=O) groups is 2. The van der Waals surface area contributed by atoms with Crippen molar-refractivity contribution in [3.8, 4) is 11.5 Å². The van der Waals surface area contributed by atoms with Crippen LogP contribution in [0.5, 0.6) is 11.5 Å². The molecule has 1 aromatic carbocycles. The van der Waals surface area contributed by atoms with Gasteiger partial charge in [-0.15, -0.1) is 0 Å². The van der Waals surface area contributed by atoms with Crippen molar-refractivity contribution in [1.29, 1.82) is 0 Å². The van der Waals surface area contributed by atoms with Gasteiger partial charge in [-0.1, -0.05) is 0 Å². The van der Waals surface area contributed by atoms with Crippen LogP contribution in [0.2, 0.25) is 0 Å². The molecule has 0 aliphatic carbocycles. The third-order valence-electron chi connectivity index (χ3n) is 4.60. The normalized spacial score (nSPS) is 10.5. The number of aromatic nitrogens is 3. The second-order valence-corrected chi connectivity index (χ2v) is 6.63. The molecule has 30 heavy (non-hydrogen) atoms. The minimum Gasteiger partial charge on any atom is -0.493 e. The lowest BCUT2D eigenvalue weighted by molar-refractivity contribution is 0.0950. The standard InChI is InChI=1S/C21H25N5O4/c1-25-9-4-6-17(25)21(28)24-16-12-15(13-18(29-2)19(16)30-3)20(27)23-7-5-10-26-11-8-22-14-26/h4,6,8-9,11-14H,5,7,10H2,1-3H3,(H,23,27)(H,24,28). The molecule has 158 valence electrons. The average Bonchev–Trinajstić information content (AvgIpc) is 3.41. The fourth-order valence-corrected chi connectivity index (χ4v) is 3.06. The number of ether oxygens (including phenoxy) is 2. The van der Waals surface area contributed by atoms with E-state index in [1.807, 2.05) is 10.8 Å². The molecule has 0 atom stereocenters. The Morgan fingerprint density at radius 2 is 1.97 bits per heavy atom. The Morgan fingerprint density at radius 3 is 2.60 bits per heavy atom. The number of benzene rings is 1. The molecule has 0 saturated heterocycles. The first-order chi connectivity index (χ1) is 14.5. The zero-order valence-corrected chi connectivity index (χ0v) is 17.2. The summed E-state index contributed by atoms with van der Waals surface area (Å²) >= 11 is 0. The quantitative estimate of drug-likeness (QED) is 0.527. The van der Waals surface area contributed by atoms with Crippen molar-refractivity contribution in [2.24, 2.45) is 7.05 Å². The van der Waals surface area contributed by atoms with Crippen molar-refractivity contribution in [3.05, 3.63) is 60.4 Å². The number of aryl methyl sites for hydroxylation is 2. The van der Waals surface area contributed by atoms with Crippen LogP contribution in [-0.2, 0) is 13.6 Å². The monoisotopic (exact) mass is 411 g/mol. The number of rotatable bonds is 9. The van der Waals surface area contributed by atoms with Crippen LogP contribution in [0, 0.1) is 0 Å². The largest absolute Gasteiger partial charge is 0.493 e. The van der Waals surface area contributed by atoms with Gasteiger partial charge in [-0.25, -0.2) is 4.98 Å². The van der Waals surface area contributed by atoms with Crippen molar-refractivity contribution in [1.82, 2.24) is 19.4 Å². The second-order valence-electron chi connectivity index (χ2n) is 6.63. The molecule has 0 aliphatic heterocycles. The van der Waals surface area contributed by atoms with Gasteiger partial charge in [-0.2, -0.15) is 0 Å². The van der Waals surface area contributed by atoms with E-state index in [4.69, 9.17) is 9.47 Å². The minimum atomic E-state index is -0.319. The molecule has 0 radical (unpaired) electrons. The van der Waals surface area contributed by atoms with Gasteiger partial charge in [0.25, 0.3) is 11.8 Å². The highest BCUT2D eigenvalue weighted by atomic mass is 16.5. The maximum Gasteiger partial charge on any atom is 0.272 e. The molecule has 0 fully saturated rings. The van der Waals surface area contributed by atoms with Crippen LogP contribution in [0.3, 0.4) is 0 Å². The maximum atomic E-state index is 12.7. The topological polar surface area (TPSA) is 99.4 Å². The van der Waals surface area contributed by atoms with Crippen LogP contribution in [0.15, 0.2) is 49.2 Å². The van der Waals surface area contributed by atoms with Crippen LogP contribution in [0.25, 0.3) is 0 Å². The summed E-state index contributed by atoms with van der Waals surface area (Å²) in [7, 11) is 4.74. The van der Waals surface area contributed by atoms with Crippen LogP contribution in [-0.4, -0.2) is 46.7 Å². The van der Waals surface area contributed by atoms with Gasteiger partial charge in [0, 0.05) is 44.3 Å². The molecule has 2 heterocycles. The molecule has 0 saturated carbocycles. The number of nitrogens with one attached hydrogen (secondary N) is 2. The van der Waals surface area contributed by atoms with Crippen LogP contribution >= 0.6 is 0 Å². The Bertz CT molecular complexity index is 1010. The van der Waals surface area contributed by atoms with E-state index in [1.165, 1.54) is 14.2 Å². The zero-order valence-electron chi connectivity index (χ0n) is 17.2. The highest BCUT2D eigenvalue weighted by molar-refractivity contribution is 6.05. The summed E-state index contributed by atoms with van der Waals surface area (Å²) in [4.78, 5) is 29.3. The van der Waals surface area contributed by atoms with Crippen molar-refractivity contribution in [3.63, 3.8) is 0 Å². The number of hydrogen-bond donors (Lipinski definition) is 2. The molecule has 9 nitrogen and oxygen atoms in total. The van der Waals surface area contributed by atoms with Gasteiger partial charge < -0.3 is 29.2 Å². The van der Waals surface area contributed by atoms with Gasteiger partial charge in [0.15, 0.2) is 11.5 Å². The fraction of sp³-hybridized carbons (Fsp3) is 0.286. The Balaban J connectivity index is 1.74. The highest BCUT2D eigenvalue weighted by Gasteiger charge is 2.19. The van der Waals surface area contributed by atoms with E-state index >= 15 is 0 Å². The van der Waals surface area contributed by atoms with Gasteiger partial charge in [0.1, 0.15) is 5.69 Å². The van der Waals surface area contributed by atoms with E-state index in [0.717, 1.165) is 13.0 Å². The Hall–Kier alpha value is -3.75. The minimum absolute atomic E-state index is 0.268. The van der Waals surface area contributed by atoms with Crippen molar-refractivity contribution >= 4 is 17.5 Å². The lowest BCUT2D eigenvalue weighted by Crippen LogP contribution is -2.25. The van der Waals surface area contributed by atoms with Gasteiger partial charge >= 0.3 is 0 Å². The highest BCUT2D eigenvalue weighted by Crippen LogP contribution is 2.37. The zero-order chi connectivity index (χ0) is 21.5. The smallest absolute Gasteiger partial charge is 0.272 e. The maximum absolute atomic E-state index is 12.7. The van der Waals surface area contributed by atoms with Crippen LogP contribution < -0.4 is 20.1 Å².